The maximum atomic E-state index is 13.4. The zero-order valence-corrected chi connectivity index (χ0v) is 16.3. The molecule has 0 spiro atoms. The van der Waals surface area contributed by atoms with E-state index in [1.54, 1.807) is 25.1 Å². The molecule has 1 aliphatic heterocycles. The van der Waals surface area contributed by atoms with Crippen molar-refractivity contribution in [2.75, 3.05) is 0 Å². The molecule has 7 nitrogen and oxygen atoms in total. The molecule has 0 aliphatic carbocycles. The number of rotatable bonds is 3. The van der Waals surface area contributed by atoms with Crippen LogP contribution in [0, 0.1) is 12.7 Å². The number of hydrogen-bond donors (Lipinski definition) is 1. The average molecular weight is 415 g/mol. The SMILES string of the molecule is Cc1cccc2nc(CN3C(=O)NC(C)(c4ccc(F)cc4Cl)C3=O)cc(=O)n12. The first-order valence-corrected chi connectivity index (χ1v) is 9.16. The summed E-state index contributed by atoms with van der Waals surface area (Å²) in [5.41, 5.74) is -0.0600. The number of nitrogens with one attached hydrogen (secondary N) is 1. The van der Waals surface area contributed by atoms with E-state index in [1.807, 2.05) is 0 Å². The Morgan fingerprint density at radius 1 is 1.17 bits per heavy atom. The largest absolute Gasteiger partial charge is 0.325 e. The molecule has 0 saturated carbocycles. The molecular formula is C20H16ClFN4O3. The summed E-state index contributed by atoms with van der Waals surface area (Å²) >= 11 is 6.10. The summed E-state index contributed by atoms with van der Waals surface area (Å²) in [5, 5.41) is 2.64. The molecule has 0 radical (unpaired) electrons. The van der Waals surface area contributed by atoms with Gasteiger partial charge in [0, 0.05) is 22.3 Å². The van der Waals surface area contributed by atoms with E-state index in [0.717, 1.165) is 16.7 Å². The number of carbonyl (C=O) groups excluding carboxylic acids is 2. The Kier molecular flexibility index (Phi) is 4.38. The van der Waals surface area contributed by atoms with Gasteiger partial charge in [0.15, 0.2) is 0 Å². The number of aromatic nitrogens is 2. The summed E-state index contributed by atoms with van der Waals surface area (Å²) in [4.78, 5) is 43.4. The minimum absolute atomic E-state index is 0.0283. The van der Waals surface area contributed by atoms with Gasteiger partial charge in [0.05, 0.1) is 12.2 Å². The summed E-state index contributed by atoms with van der Waals surface area (Å²) in [6.45, 7) is 3.10. The summed E-state index contributed by atoms with van der Waals surface area (Å²) < 4.78 is 14.8. The van der Waals surface area contributed by atoms with Gasteiger partial charge >= 0.3 is 6.03 Å². The number of amides is 3. The lowest BCUT2D eigenvalue weighted by atomic mass is 9.92. The van der Waals surface area contributed by atoms with E-state index >= 15 is 0 Å². The Hall–Kier alpha value is -3.26. The molecule has 4 rings (SSSR count). The Labute approximate surface area is 169 Å². The average Bonchev–Trinajstić information content (AvgIpc) is 2.85. The molecule has 1 N–H and O–H groups in total. The zero-order valence-electron chi connectivity index (χ0n) is 15.6. The third-order valence-corrected chi connectivity index (χ3v) is 5.31. The molecule has 29 heavy (non-hydrogen) atoms. The van der Waals surface area contributed by atoms with Crippen LogP contribution >= 0.6 is 11.6 Å². The van der Waals surface area contributed by atoms with Crippen molar-refractivity contribution in [3.8, 4) is 0 Å². The summed E-state index contributed by atoms with van der Waals surface area (Å²) in [5.74, 6) is -1.12. The smallest absolute Gasteiger partial charge is 0.319 e. The van der Waals surface area contributed by atoms with Crippen LogP contribution in [-0.2, 0) is 16.9 Å². The fourth-order valence-electron chi connectivity index (χ4n) is 3.52. The first-order chi connectivity index (χ1) is 13.7. The maximum absolute atomic E-state index is 13.4. The highest BCUT2D eigenvalue weighted by Gasteiger charge is 2.50. The number of benzene rings is 1. The zero-order chi connectivity index (χ0) is 20.9. The van der Waals surface area contributed by atoms with Gasteiger partial charge in [-0.15, -0.1) is 0 Å². The number of halogens is 2. The minimum Gasteiger partial charge on any atom is -0.319 e. The van der Waals surface area contributed by atoms with Crippen molar-refractivity contribution in [2.45, 2.75) is 25.9 Å². The van der Waals surface area contributed by atoms with E-state index < -0.39 is 23.3 Å². The van der Waals surface area contributed by atoms with E-state index in [1.165, 1.54) is 29.5 Å². The first-order valence-electron chi connectivity index (χ1n) is 8.78. The normalized spacial score (nSPS) is 19.1. The van der Waals surface area contributed by atoms with Crippen LogP contribution in [0.1, 0.15) is 23.9 Å². The van der Waals surface area contributed by atoms with Crippen LogP contribution in [-0.4, -0.2) is 26.2 Å². The third kappa shape index (κ3) is 3.05. The Morgan fingerprint density at radius 2 is 1.93 bits per heavy atom. The maximum Gasteiger partial charge on any atom is 0.325 e. The fraction of sp³-hybridized carbons (Fsp3) is 0.200. The van der Waals surface area contributed by atoms with Gasteiger partial charge in [0.2, 0.25) is 0 Å². The molecule has 148 valence electrons. The van der Waals surface area contributed by atoms with Crippen LogP contribution in [0.4, 0.5) is 9.18 Å². The predicted octanol–water partition coefficient (Wildman–Crippen LogP) is 2.76. The van der Waals surface area contributed by atoms with Crippen LogP contribution in [0.5, 0.6) is 0 Å². The van der Waals surface area contributed by atoms with Crippen molar-refractivity contribution < 1.29 is 14.0 Å². The molecule has 3 aromatic rings. The van der Waals surface area contributed by atoms with Gasteiger partial charge in [0.1, 0.15) is 17.0 Å². The number of pyridine rings is 1. The van der Waals surface area contributed by atoms with E-state index in [4.69, 9.17) is 11.6 Å². The third-order valence-electron chi connectivity index (χ3n) is 5.00. The Bertz CT molecular complexity index is 1240. The highest BCUT2D eigenvalue weighted by atomic mass is 35.5. The topological polar surface area (TPSA) is 83.8 Å². The molecule has 1 atom stereocenters. The van der Waals surface area contributed by atoms with Crippen molar-refractivity contribution >= 4 is 29.2 Å². The molecule has 1 saturated heterocycles. The lowest BCUT2D eigenvalue weighted by Crippen LogP contribution is -2.41. The van der Waals surface area contributed by atoms with Crippen molar-refractivity contribution in [3.05, 3.63) is 80.6 Å². The molecule has 9 heteroatoms. The second kappa shape index (κ2) is 6.66. The molecule has 3 amide bonds. The quantitative estimate of drug-likeness (QED) is 0.668. The van der Waals surface area contributed by atoms with Crippen molar-refractivity contribution in [2.24, 2.45) is 0 Å². The molecule has 2 aromatic heterocycles. The molecule has 1 aromatic carbocycles. The molecule has 0 bridgehead atoms. The van der Waals surface area contributed by atoms with Crippen LogP contribution in [0.2, 0.25) is 5.02 Å². The van der Waals surface area contributed by atoms with E-state index in [9.17, 15) is 18.8 Å². The number of imide groups is 1. The highest BCUT2D eigenvalue weighted by molar-refractivity contribution is 6.32. The fourth-order valence-corrected chi connectivity index (χ4v) is 3.88. The summed E-state index contributed by atoms with van der Waals surface area (Å²) in [6, 6.07) is 9.48. The second-order valence-electron chi connectivity index (χ2n) is 7.02. The number of nitrogens with zero attached hydrogens (tertiary/aromatic N) is 3. The number of fused-ring (bicyclic) bond motifs is 1. The summed E-state index contributed by atoms with van der Waals surface area (Å²) in [7, 11) is 0. The summed E-state index contributed by atoms with van der Waals surface area (Å²) in [6.07, 6.45) is 0. The van der Waals surface area contributed by atoms with Gasteiger partial charge in [-0.3, -0.25) is 18.9 Å². The van der Waals surface area contributed by atoms with E-state index in [0.29, 0.717) is 5.65 Å². The lowest BCUT2D eigenvalue weighted by Gasteiger charge is -2.23. The number of hydrogen-bond acceptors (Lipinski definition) is 4. The Balaban J connectivity index is 1.70. The van der Waals surface area contributed by atoms with Crippen molar-refractivity contribution in [1.82, 2.24) is 19.6 Å². The number of aryl methyl sites for hydroxylation is 1. The standard InChI is InChI=1S/C20H16ClFN4O3/c1-11-4-3-5-16-23-13(9-17(27)26(11)16)10-25-18(28)20(2,24-19(25)29)14-7-6-12(22)8-15(14)21/h3-9H,10H2,1-2H3,(H,24,29). The van der Waals surface area contributed by atoms with Gasteiger partial charge in [0.25, 0.3) is 11.5 Å². The van der Waals surface area contributed by atoms with Gasteiger partial charge < -0.3 is 5.32 Å². The van der Waals surface area contributed by atoms with Gasteiger partial charge in [-0.25, -0.2) is 14.2 Å². The predicted molar refractivity (Wildman–Crippen MR) is 104 cm³/mol. The second-order valence-corrected chi connectivity index (χ2v) is 7.42. The van der Waals surface area contributed by atoms with Gasteiger partial charge in [-0.05, 0) is 38.1 Å². The lowest BCUT2D eigenvalue weighted by molar-refractivity contribution is -0.131. The molecule has 1 aliphatic rings. The van der Waals surface area contributed by atoms with Crippen molar-refractivity contribution in [3.63, 3.8) is 0 Å². The van der Waals surface area contributed by atoms with Crippen LogP contribution in [0.3, 0.4) is 0 Å². The van der Waals surface area contributed by atoms with Crippen LogP contribution < -0.4 is 10.9 Å². The van der Waals surface area contributed by atoms with Crippen LogP contribution in [0.25, 0.3) is 5.65 Å². The monoisotopic (exact) mass is 414 g/mol. The van der Waals surface area contributed by atoms with Crippen LogP contribution in [0.15, 0.2) is 47.3 Å². The van der Waals surface area contributed by atoms with Crippen molar-refractivity contribution in [1.29, 1.82) is 0 Å². The number of carbonyl (C=O) groups is 2. The molecule has 1 unspecified atom stereocenters. The number of urea groups is 1. The molecule has 3 heterocycles. The first kappa shape index (κ1) is 19.1. The van der Waals surface area contributed by atoms with E-state index in [-0.39, 0.29) is 28.4 Å². The van der Waals surface area contributed by atoms with E-state index in [2.05, 4.69) is 10.3 Å². The minimum atomic E-state index is -1.45. The highest BCUT2D eigenvalue weighted by Crippen LogP contribution is 2.34. The Morgan fingerprint density at radius 3 is 2.66 bits per heavy atom. The molecular weight excluding hydrogens is 399 g/mol. The van der Waals surface area contributed by atoms with Gasteiger partial charge in [-0.1, -0.05) is 23.7 Å². The van der Waals surface area contributed by atoms with Gasteiger partial charge in [-0.2, -0.15) is 0 Å². The molecule has 1 fully saturated rings.